The fraction of sp³-hybridized carbons (Fsp3) is 0.562. The van der Waals surface area contributed by atoms with Gasteiger partial charge in [-0.2, -0.15) is 0 Å². The molecule has 0 saturated carbocycles. The maximum absolute atomic E-state index is 12.2. The maximum atomic E-state index is 12.2. The van der Waals surface area contributed by atoms with Crippen LogP contribution in [0.25, 0.3) is 0 Å². The molecule has 0 radical (unpaired) electrons. The third-order valence-corrected chi connectivity index (χ3v) is 3.99. The Hall–Kier alpha value is -1.59. The maximum Gasteiger partial charge on any atom is 0.163 e. The largest absolute Gasteiger partial charge is 0.486 e. The van der Waals surface area contributed by atoms with E-state index in [1.165, 1.54) is 0 Å². The van der Waals surface area contributed by atoms with Crippen LogP contribution in [0, 0.1) is 0 Å². The molecule has 1 unspecified atom stereocenters. The van der Waals surface area contributed by atoms with Crippen molar-refractivity contribution in [3.8, 4) is 11.5 Å². The number of nitrogens with zero attached hydrogens (tertiary/aromatic N) is 1. The van der Waals surface area contributed by atoms with Gasteiger partial charge in [0.15, 0.2) is 17.3 Å². The molecule has 5 nitrogen and oxygen atoms in total. The van der Waals surface area contributed by atoms with E-state index in [1.54, 1.807) is 18.2 Å². The highest BCUT2D eigenvalue weighted by Crippen LogP contribution is 2.31. The van der Waals surface area contributed by atoms with Gasteiger partial charge in [0.25, 0.3) is 0 Å². The molecule has 0 aromatic heterocycles. The number of β-amino-alcohol motifs (C(OH)–C–C–N with tert-alkyl or cyclic N) is 1. The van der Waals surface area contributed by atoms with E-state index in [2.05, 4.69) is 4.90 Å². The molecule has 0 bridgehead atoms. The lowest BCUT2D eigenvalue weighted by Gasteiger charge is -2.18. The lowest BCUT2D eigenvalue weighted by atomic mass is 10.1. The molecule has 5 heteroatoms. The first kappa shape index (κ1) is 14.4. The minimum Gasteiger partial charge on any atom is -0.486 e. The summed E-state index contributed by atoms with van der Waals surface area (Å²) in [6.45, 7) is 3.62. The Morgan fingerprint density at radius 2 is 2.10 bits per heavy atom. The van der Waals surface area contributed by atoms with Crippen molar-refractivity contribution in [3.63, 3.8) is 0 Å². The summed E-state index contributed by atoms with van der Waals surface area (Å²) in [5, 5.41) is 9.46. The molecule has 114 valence electrons. The van der Waals surface area contributed by atoms with E-state index in [1.807, 2.05) is 0 Å². The molecule has 1 aromatic rings. The van der Waals surface area contributed by atoms with E-state index in [-0.39, 0.29) is 11.9 Å². The molecule has 3 rings (SSSR count). The Bertz CT molecular complexity index is 517. The smallest absolute Gasteiger partial charge is 0.163 e. The number of carbonyl (C=O) groups is 1. The summed E-state index contributed by atoms with van der Waals surface area (Å²) < 4.78 is 10.9. The number of rotatable bonds is 5. The molecular weight excluding hydrogens is 270 g/mol. The van der Waals surface area contributed by atoms with E-state index in [0.717, 1.165) is 32.5 Å². The second kappa shape index (κ2) is 6.45. The number of likely N-dealkylation sites (tertiary alicyclic amines) is 1. The molecular formula is C16H21NO4. The van der Waals surface area contributed by atoms with Crippen LogP contribution in [-0.2, 0) is 0 Å². The Kier molecular flexibility index (Phi) is 4.41. The summed E-state index contributed by atoms with van der Waals surface area (Å²) in [6.07, 6.45) is 1.99. The van der Waals surface area contributed by atoms with Crippen LogP contribution in [0.3, 0.4) is 0 Å². The van der Waals surface area contributed by atoms with Crippen LogP contribution in [0.5, 0.6) is 11.5 Å². The highest BCUT2D eigenvalue weighted by Gasteiger charge is 2.20. The first-order chi connectivity index (χ1) is 10.2. The SMILES string of the molecule is O=C(CCCN1CCC(O)C1)c1ccc2c(c1)OCCO2. The van der Waals surface area contributed by atoms with Crippen molar-refractivity contribution in [1.29, 1.82) is 0 Å². The van der Waals surface area contributed by atoms with Crippen LogP contribution in [0.4, 0.5) is 0 Å². The van der Waals surface area contributed by atoms with Crippen molar-refractivity contribution in [2.75, 3.05) is 32.8 Å². The molecule has 1 fully saturated rings. The highest BCUT2D eigenvalue weighted by atomic mass is 16.6. The topological polar surface area (TPSA) is 59.0 Å². The molecule has 1 aromatic carbocycles. The van der Waals surface area contributed by atoms with Crippen molar-refractivity contribution in [3.05, 3.63) is 23.8 Å². The number of carbonyl (C=O) groups excluding carboxylic acids is 1. The quantitative estimate of drug-likeness (QED) is 0.833. The van der Waals surface area contributed by atoms with Gasteiger partial charge < -0.3 is 19.5 Å². The second-order valence-electron chi connectivity index (χ2n) is 5.63. The summed E-state index contributed by atoms with van der Waals surface area (Å²) >= 11 is 0. The summed E-state index contributed by atoms with van der Waals surface area (Å²) in [5.41, 5.74) is 0.681. The van der Waals surface area contributed by atoms with Crippen LogP contribution in [0.15, 0.2) is 18.2 Å². The first-order valence-electron chi connectivity index (χ1n) is 7.55. The number of hydrogen-bond acceptors (Lipinski definition) is 5. The normalized spacial score (nSPS) is 21.5. The van der Waals surface area contributed by atoms with E-state index >= 15 is 0 Å². The minimum atomic E-state index is -0.196. The molecule has 21 heavy (non-hydrogen) atoms. The van der Waals surface area contributed by atoms with Gasteiger partial charge in [-0.3, -0.25) is 4.79 Å². The molecule has 2 aliphatic rings. The van der Waals surface area contributed by atoms with Crippen LogP contribution >= 0.6 is 0 Å². The number of ether oxygens (including phenoxy) is 2. The standard InChI is InChI=1S/C16H21NO4/c18-13-5-7-17(11-13)6-1-2-14(19)12-3-4-15-16(10-12)21-9-8-20-15/h3-4,10,13,18H,1-2,5-9,11H2. The van der Waals surface area contributed by atoms with Crippen molar-refractivity contribution in [1.82, 2.24) is 4.90 Å². The highest BCUT2D eigenvalue weighted by molar-refractivity contribution is 5.96. The van der Waals surface area contributed by atoms with Crippen molar-refractivity contribution in [2.24, 2.45) is 0 Å². The first-order valence-corrected chi connectivity index (χ1v) is 7.55. The Morgan fingerprint density at radius 3 is 2.86 bits per heavy atom. The number of fused-ring (bicyclic) bond motifs is 1. The van der Waals surface area contributed by atoms with Gasteiger partial charge in [0, 0.05) is 25.1 Å². The van der Waals surface area contributed by atoms with Gasteiger partial charge in [0.2, 0.25) is 0 Å². The van der Waals surface area contributed by atoms with E-state index in [4.69, 9.17) is 9.47 Å². The van der Waals surface area contributed by atoms with Crippen molar-refractivity contribution < 1.29 is 19.4 Å². The third kappa shape index (κ3) is 3.54. The summed E-state index contributed by atoms with van der Waals surface area (Å²) in [6, 6.07) is 5.38. The molecule has 2 heterocycles. The fourth-order valence-corrected chi connectivity index (χ4v) is 2.84. The third-order valence-electron chi connectivity index (χ3n) is 3.99. The lowest BCUT2D eigenvalue weighted by molar-refractivity contribution is 0.0974. The average Bonchev–Trinajstić information content (AvgIpc) is 2.92. The zero-order valence-corrected chi connectivity index (χ0v) is 12.1. The van der Waals surface area contributed by atoms with E-state index < -0.39 is 0 Å². The summed E-state index contributed by atoms with van der Waals surface area (Å²) in [7, 11) is 0. The van der Waals surface area contributed by atoms with Gasteiger partial charge in [-0.25, -0.2) is 0 Å². The zero-order valence-electron chi connectivity index (χ0n) is 12.1. The molecule has 0 aliphatic carbocycles. The number of ketones is 1. The van der Waals surface area contributed by atoms with Gasteiger partial charge in [0.05, 0.1) is 6.10 Å². The molecule has 0 spiro atoms. The van der Waals surface area contributed by atoms with Gasteiger partial charge >= 0.3 is 0 Å². The van der Waals surface area contributed by atoms with Crippen LogP contribution in [0.2, 0.25) is 0 Å². The number of aliphatic hydroxyl groups is 1. The van der Waals surface area contributed by atoms with Gasteiger partial charge in [0.1, 0.15) is 13.2 Å². The van der Waals surface area contributed by atoms with Crippen molar-refractivity contribution in [2.45, 2.75) is 25.4 Å². The second-order valence-corrected chi connectivity index (χ2v) is 5.63. The fourth-order valence-electron chi connectivity index (χ4n) is 2.84. The van der Waals surface area contributed by atoms with Crippen LogP contribution in [-0.4, -0.2) is 54.7 Å². The molecule has 0 amide bonds. The monoisotopic (exact) mass is 291 g/mol. The average molecular weight is 291 g/mol. The number of benzene rings is 1. The van der Waals surface area contributed by atoms with Gasteiger partial charge in [-0.05, 0) is 37.6 Å². The predicted molar refractivity (Wildman–Crippen MR) is 78.1 cm³/mol. The molecule has 1 atom stereocenters. The summed E-state index contributed by atoms with van der Waals surface area (Å²) in [4.78, 5) is 14.4. The number of Topliss-reactive ketones (excluding diaryl/α,β-unsaturated/α-hetero) is 1. The molecule has 2 aliphatic heterocycles. The predicted octanol–water partition coefficient (Wildman–Crippen LogP) is 1.49. The lowest BCUT2D eigenvalue weighted by Crippen LogP contribution is -2.23. The summed E-state index contributed by atoms with van der Waals surface area (Å²) in [5.74, 6) is 1.50. The van der Waals surface area contributed by atoms with Crippen LogP contribution in [0.1, 0.15) is 29.6 Å². The van der Waals surface area contributed by atoms with E-state index in [9.17, 15) is 9.90 Å². The van der Waals surface area contributed by atoms with E-state index in [0.29, 0.717) is 36.7 Å². The Morgan fingerprint density at radius 1 is 1.29 bits per heavy atom. The number of aliphatic hydroxyl groups excluding tert-OH is 1. The van der Waals surface area contributed by atoms with Crippen molar-refractivity contribution >= 4 is 5.78 Å². The minimum absolute atomic E-state index is 0.131. The molecule has 1 saturated heterocycles. The van der Waals surface area contributed by atoms with Crippen LogP contribution < -0.4 is 9.47 Å². The Balaban J connectivity index is 1.51. The van der Waals surface area contributed by atoms with Gasteiger partial charge in [-0.15, -0.1) is 0 Å². The number of hydrogen-bond donors (Lipinski definition) is 1. The zero-order chi connectivity index (χ0) is 14.7. The molecule has 1 N–H and O–H groups in total. The Labute approximate surface area is 124 Å². The van der Waals surface area contributed by atoms with Gasteiger partial charge in [-0.1, -0.05) is 0 Å².